The molecular weight excluding hydrogens is 228 g/mol. The standard InChI is InChI=1S/C14H22N2S/c1-13(14-6-4-3-5-7-14)16-10-8-15(9-11-16)12-17-2/h3-7,13H,8-12H2,1-2H3. The van der Waals surface area contributed by atoms with Crippen molar-refractivity contribution in [2.45, 2.75) is 13.0 Å². The molecule has 2 nitrogen and oxygen atoms in total. The van der Waals surface area contributed by atoms with Gasteiger partial charge in [0, 0.05) is 38.1 Å². The second kappa shape index (κ2) is 6.43. The lowest BCUT2D eigenvalue weighted by Crippen LogP contribution is -2.46. The normalized spacial score (nSPS) is 20.4. The molecule has 0 aromatic heterocycles. The molecular formula is C14H22N2S. The van der Waals surface area contributed by atoms with Crippen molar-refractivity contribution in [3.8, 4) is 0 Å². The molecule has 0 saturated carbocycles. The molecule has 1 aromatic carbocycles. The van der Waals surface area contributed by atoms with Crippen LogP contribution in [0.1, 0.15) is 18.5 Å². The van der Waals surface area contributed by atoms with E-state index >= 15 is 0 Å². The van der Waals surface area contributed by atoms with Gasteiger partial charge >= 0.3 is 0 Å². The first-order chi connectivity index (χ1) is 8.31. The van der Waals surface area contributed by atoms with Gasteiger partial charge in [0.1, 0.15) is 0 Å². The Hall–Kier alpha value is -0.510. The highest BCUT2D eigenvalue weighted by Crippen LogP contribution is 2.21. The molecule has 0 radical (unpaired) electrons. The van der Waals surface area contributed by atoms with Gasteiger partial charge < -0.3 is 0 Å². The van der Waals surface area contributed by atoms with Gasteiger partial charge in [-0.1, -0.05) is 30.3 Å². The number of benzene rings is 1. The van der Waals surface area contributed by atoms with Crippen molar-refractivity contribution in [1.29, 1.82) is 0 Å². The van der Waals surface area contributed by atoms with E-state index in [0.717, 1.165) is 0 Å². The molecule has 17 heavy (non-hydrogen) atoms. The van der Waals surface area contributed by atoms with Crippen molar-refractivity contribution < 1.29 is 0 Å². The van der Waals surface area contributed by atoms with E-state index in [1.54, 1.807) is 0 Å². The van der Waals surface area contributed by atoms with Gasteiger partial charge in [-0.05, 0) is 18.7 Å². The number of hydrogen-bond donors (Lipinski definition) is 0. The lowest BCUT2D eigenvalue weighted by molar-refractivity contribution is 0.115. The Bertz CT molecular complexity index is 320. The lowest BCUT2D eigenvalue weighted by Gasteiger charge is -2.37. The molecule has 0 amide bonds. The molecule has 1 fully saturated rings. The summed E-state index contributed by atoms with van der Waals surface area (Å²) in [5.41, 5.74) is 1.44. The zero-order chi connectivity index (χ0) is 12.1. The molecule has 0 aliphatic carbocycles. The minimum absolute atomic E-state index is 0.549. The summed E-state index contributed by atoms with van der Waals surface area (Å²) in [5.74, 6) is 1.17. The third-order valence-corrected chi connectivity index (χ3v) is 4.17. The third-order valence-electron chi connectivity index (χ3n) is 3.55. The van der Waals surface area contributed by atoms with Gasteiger partial charge in [-0.2, -0.15) is 0 Å². The van der Waals surface area contributed by atoms with Crippen molar-refractivity contribution >= 4 is 11.8 Å². The molecule has 0 spiro atoms. The van der Waals surface area contributed by atoms with E-state index in [4.69, 9.17) is 0 Å². The van der Waals surface area contributed by atoms with Gasteiger partial charge in [-0.15, -0.1) is 11.8 Å². The average Bonchev–Trinajstić information content (AvgIpc) is 2.40. The minimum atomic E-state index is 0.549. The number of hydrogen-bond acceptors (Lipinski definition) is 3. The first kappa shape index (κ1) is 12.9. The fraction of sp³-hybridized carbons (Fsp3) is 0.571. The monoisotopic (exact) mass is 250 g/mol. The van der Waals surface area contributed by atoms with Gasteiger partial charge in [0.25, 0.3) is 0 Å². The molecule has 1 aromatic rings. The van der Waals surface area contributed by atoms with E-state index in [1.165, 1.54) is 37.6 Å². The quantitative estimate of drug-likeness (QED) is 0.811. The van der Waals surface area contributed by atoms with E-state index < -0.39 is 0 Å². The SMILES string of the molecule is CSCN1CCN(C(C)c2ccccc2)CC1. The van der Waals surface area contributed by atoms with Crippen LogP contribution in [0, 0.1) is 0 Å². The fourth-order valence-corrected chi connectivity index (χ4v) is 3.03. The van der Waals surface area contributed by atoms with E-state index in [9.17, 15) is 0 Å². The Morgan fingerprint density at radius 3 is 2.35 bits per heavy atom. The number of rotatable bonds is 4. The Morgan fingerprint density at radius 2 is 1.76 bits per heavy atom. The number of thioether (sulfide) groups is 1. The van der Waals surface area contributed by atoms with E-state index in [1.807, 2.05) is 11.8 Å². The average molecular weight is 250 g/mol. The van der Waals surface area contributed by atoms with Crippen LogP contribution in [0.25, 0.3) is 0 Å². The molecule has 0 bridgehead atoms. The molecule has 1 aliphatic heterocycles. The summed E-state index contributed by atoms with van der Waals surface area (Å²) < 4.78 is 0. The van der Waals surface area contributed by atoms with Gasteiger partial charge in [-0.25, -0.2) is 0 Å². The van der Waals surface area contributed by atoms with Gasteiger partial charge in [0.2, 0.25) is 0 Å². The molecule has 0 N–H and O–H groups in total. The maximum atomic E-state index is 2.59. The smallest absolute Gasteiger partial charge is 0.0442 e. The number of nitrogens with zero attached hydrogens (tertiary/aromatic N) is 2. The fourth-order valence-electron chi connectivity index (χ4n) is 2.40. The molecule has 2 rings (SSSR count). The van der Waals surface area contributed by atoms with Gasteiger partial charge in [-0.3, -0.25) is 9.80 Å². The van der Waals surface area contributed by atoms with Crippen LogP contribution < -0.4 is 0 Å². The first-order valence-electron chi connectivity index (χ1n) is 6.31. The van der Waals surface area contributed by atoms with Crippen molar-refractivity contribution in [3.63, 3.8) is 0 Å². The van der Waals surface area contributed by atoms with Crippen LogP contribution in [0.4, 0.5) is 0 Å². The Balaban J connectivity index is 1.88. The topological polar surface area (TPSA) is 6.48 Å². The summed E-state index contributed by atoms with van der Waals surface area (Å²) >= 11 is 1.92. The highest BCUT2D eigenvalue weighted by molar-refractivity contribution is 7.98. The summed E-state index contributed by atoms with van der Waals surface area (Å²) in [5, 5.41) is 0. The highest BCUT2D eigenvalue weighted by Gasteiger charge is 2.21. The lowest BCUT2D eigenvalue weighted by atomic mass is 10.1. The van der Waals surface area contributed by atoms with E-state index in [-0.39, 0.29) is 0 Å². The summed E-state index contributed by atoms with van der Waals surface area (Å²) in [6, 6.07) is 11.4. The van der Waals surface area contributed by atoms with Crippen molar-refractivity contribution in [2.24, 2.45) is 0 Å². The molecule has 1 heterocycles. The van der Waals surface area contributed by atoms with Crippen LogP contribution in [-0.4, -0.2) is 48.1 Å². The summed E-state index contributed by atoms with van der Waals surface area (Å²) in [6.07, 6.45) is 2.18. The largest absolute Gasteiger partial charge is 0.294 e. The first-order valence-corrected chi connectivity index (χ1v) is 7.71. The highest BCUT2D eigenvalue weighted by atomic mass is 32.2. The van der Waals surface area contributed by atoms with Crippen LogP contribution in [0.15, 0.2) is 30.3 Å². The summed E-state index contributed by atoms with van der Waals surface area (Å²) in [7, 11) is 0. The molecule has 1 unspecified atom stereocenters. The van der Waals surface area contributed by atoms with Gasteiger partial charge in [0.15, 0.2) is 0 Å². The maximum Gasteiger partial charge on any atom is 0.0442 e. The van der Waals surface area contributed by atoms with Crippen LogP contribution in [0.5, 0.6) is 0 Å². The zero-order valence-corrected chi connectivity index (χ0v) is 11.6. The van der Waals surface area contributed by atoms with Crippen LogP contribution in [-0.2, 0) is 0 Å². The summed E-state index contributed by atoms with van der Waals surface area (Å²) in [6.45, 7) is 7.11. The zero-order valence-electron chi connectivity index (χ0n) is 10.8. The van der Waals surface area contributed by atoms with E-state index in [2.05, 4.69) is 53.3 Å². The van der Waals surface area contributed by atoms with Crippen molar-refractivity contribution in [2.75, 3.05) is 38.3 Å². The maximum absolute atomic E-state index is 2.59. The Kier molecular flexibility index (Phi) is 4.89. The van der Waals surface area contributed by atoms with Crippen LogP contribution in [0.2, 0.25) is 0 Å². The molecule has 3 heteroatoms. The predicted molar refractivity (Wildman–Crippen MR) is 76.4 cm³/mol. The van der Waals surface area contributed by atoms with Crippen molar-refractivity contribution in [1.82, 2.24) is 9.80 Å². The molecule has 1 atom stereocenters. The third kappa shape index (κ3) is 3.47. The van der Waals surface area contributed by atoms with Crippen LogP contribution in [0.3, 0.4) is 0 Å². The van der Waals surface area contributed by atoms with Crippen molar-refractivity contribution in [3.05, 3.63) is 35.9 Å². The minimum Gasteiger partial charge on any atom is -0.294 e. The van der Waals surface area contributed by atoms with Gasteiger partial charge in [0.05, 0.1) is 0 Å². The molecule has 94 valence electrons. The predicted octanol–water partition coefficient (Wildman–Crippen LogP) is 2.69. The van der Waals surface area contributed by atoms with Crippen LogP contribution >= 0.6 is 11.8 Å². The Morgan fingerprint density at radius 1 is 1.12 bits per heavy atom. The second-order valence-corrected chi connectivity index (χ2v) is 5.49. The summed E-state index contributed by atoms with van der Waals surface area (Å²) in [4.78, 5) is 5.13. The molecule has 1 saturated heterocycles. The van der Waals surface area contributed by atoms with E-state index in [0.29, 0.717) is 6.04 Å². The molecule has 1 aliphatic rings. The Labute approximate surface area is 109 Å². The second-order valence-electron chi connectivity index (χ2n) is 4.66. The number of piperazine rings is 1.